The van der Waals surface area contributed by atoms with Gasteiger partial charge in [-0.3, -0.25) is 0 Å². The Bertz CT molecular complexity index is 3290. The van der Waals surface area contributed by atoms with Gasteiger partial charge in [-0.05, 0) is 103 Å². The lowest BCUT2D eigenvalue weighted by atomic mass is 9.91. The Kier molecular flexibility index (Phi) is 8.42. The Balaban J connectivity index is 1.08. The van der Waals surface area contributed by atoms with Crippen LogP contribution in [0.2, 0.25) is 0 Å². The third-order valence-electron chi connectivity index (χ3n) is 11.5. The number of hydrogen-bond acceptors (Lipinski definition) is 2. The highest BCUT2D eigenvalue weighted by molar-refractivity contribution is 7.25. The Labute approximate surface area is 342 Å². The van der Waals surface area contributed by atoms with E-state index in [1.807, 2.05) is 11.3 Å². The van der Waals surface area contributed by atoms with E-state index in [-0.39, 0.29) is 0 Å². The quantitative estimate of drug-likeness (QED) is 0.157. The van der Waals surface area contributed by atoms with Crippen molar-refractivity contribution in [3.63, 3.8) is 0 Å². The van der Waals surface area contributed by atoms with E-state index in [9.17, 15) is 0 Å². The number of nitrogens with zero attached hydrogens (tertiary/aromatic N) is 1. The molecule has 58 heavy (non-hydrogen) atoms. The van der Waals surface area contributed by atoms with E-state index in [2.05, 4.69) is 229 Å². The molecule has 2 heteroatoms. The summed E-state index contributed by atoms with van der Waals surface area (Å²) in [5, 5.41) is 7.62. The number of anilines is 3. The molecule has 0 bridgehead atoms. The minimum absolute atomic E-state index is 1.10. The van der Waals surface area contributed by atoms with Crippen molar-refractivity contribution in [2.75, 3.05) is 4.90 Å². The van der Waals surface area contributed by atoms with Crippen LogP contribution in [0.15, 0.2) is 224 Å². The van der Waals surface area contributed by atoms with Gasteiger partial charge in [0.15, 0.2) is 0 Å². The molecule has 0 saturated heterocycles. The topological polar surface area (TPSA) is 3.24 Å². The summed E-state index contributed by atoms with van der Waals surface area (Å²) in [4.78, 5) is 2.43. The van der Waals surface area contributed by atoms with Crippen molar-refractivity contribution < 1.29 is 0 Å². The van der Waals surface area contributed by atoms with Crippen LogP contribution < -0.4 is 4.90 Å². The van der Waals surface area contributed by atoms with Crippen LogP contribution in [0.1, 0.15) is 0 Å². The summed E-state index contributed by atoms with van der Waals surface area (Å²) in [6, 6.07) is 82.0. The first-order valence-electron chi connectivity index (χ1n) is 19.8. The molecule has 0 aliphatic carbocycles. The van der Waals surface area contributed by atoms with Gasteiger partial charge < -0.3 is 4.90 Å². The van der Waals surface area contributed by atoms with Gasteiger partial charge >= 0.3 is 0 Å². The Morgan fingerprint density at radius 2 is 0.810 bits per heavy atom. The minimum atomic E-state index is 1.10. The van der Waals surface area contributed by atoms with Crippen molar-refractivity contribution in [1.82, 2.24) is 0 Å². The van der Waals surface area contributed by atoms with Gasteiger partial charge in [0.2, 0.25) is 0 Å². The highest BCUT2D eigenvalue weighted by Crippen LogP contribution is 2.45. The average Bonchev–Trinajstić information content (AvgIpc) is 3.67. The zero-order chi connectivity index (χ0) is 38.4. The molecule has 0 aliphatic heterocycles. The first-order chi connectivity index (χ1) is 28.8. The Morgan fingerprint density at radius 3 is 1.60 bits per heavy atom. The van der Waals surface area contributed by atoms with Crippen LogP contribution in [0.4, 0.5) is 17.1 Å². The molecule has 0 unspecified atom stereocenters. The number of para-hydroxylation sites is 1. The summed E-state index contributed by atoms with van der Waals surface area (Å²) in [7, 11) is 0. The molecule has 10 aromatic carbocycles. The zero-order valence-electron chi connectivity index (χ0n) is 31.7. The SMILES string of the molecule is c1cc(-c2ccccc2-c2cccc3ccccc23)cc(N(c2ccc(-c3cccc4ccccc34)cc2)c2ccccc2-c2ccc3c(c2)sc2ccccc23)c1. The summed E-state index contributed by atoms with van der Waals surface area (Å²) in [6.45, 7) is 0. The van der Waals surface area contributed by atoms with Crippen molar-refractivity contribution in [3.8, 4) is 44.5 Å². The fraction of sp³-hybridized carbons (Fsp3) is 0. The first kappa shape index (κ1) is 34.0. The highest BCUT2D eigenvalue weighted by Gasteiger charge is 2.20. The van der Waals surface area contributed by atoms with E-state index >= 15 is 0 Å². The molecule has 0 aliphatic rings. The molecule has 0 N–H and O–H groups in total. The standard InChI is InChI=1S/C56H37NS/c1-3-20-45-38(14-1)16-12-26-46(45)40-30-33-43(34-31-40)57(54-28-9-7-23-49(54)42-32-35-53-52-25-8-10-29-55(52)58-56(53)37-42)44-19-11-18-41(36-44)48-22-5-6-24-50(48)51-27-13-17-39-15-2-4-21-47(39)51/h1-37H. The second kappa shape index (κ2) is 14.4. The summed E-state index contributed by atoms with van der Waals surface area (Å²) in [6.07, 6.45) is 0. The van der Waals surface area contributed by atoms with Crippen LogP contribution in [0.25, 0.3) is 86.2 Å². The third kappa shape index (κ3) is 5.94. The minimum Gasteiger partial charge on any atom is -0.310 e. The van der Waals surface area contributed by atoms with Crippen LogP contribution in [0, 0.1) is 0 Å². The maximum Gasteiger partial charge on any atom is 0.0540 e. The first-order valence-corrected chi connectivity index (χ1v) is 20.7. The molecule has 11 rings (SSSR count). The van der Waals surface area contributed by atoms with E-state index in [0.29, 0.717) is 0 Å². The second-order valence-corrected chi connectivity index (χ2v) is 15.9. The van der Waals surface area contributed by atoms with Crippen molar-refractivity contribution in [2.45, 2.75) is 0 Å². The van der Waals surface area contributed by atoms with Crippen LogP contribution in [0.3, 0.4) is 0 Å². The highest BCUT2D eigenvalue weighted by atomic mass is 32.1. The van der Waals surface area contributed by atoms with E-state index in [1.54, 1.807) is 0 Å². The van der Waals surface area contributed by atoms with Gasteiger partial charge in [0.1, 0.15) is 0 Å². The molecule has 0 saturated carbocycles. The molecular formula is C56H37NS. The predicted octanol–water partition coefficient (Wildman–Crippen LogP) is 16.5. The monoisotopic (exact) mass is 755 g/mol. The molecule has 1 aromatic heterocycles. The fourth-order valence-corrected chi connectivity index (χ4v) is 9.89. The lowest BCUT2D eigenvalue weighted by Gasteiger charge is -2.28. The molecule has 0 atom stereocenters. The van der Waals surface area contributed by atoms with Crippen LogP contribution in [-0.4, -0.2) is 0 Å². The number of thiophene rings is 1. The van der Waals surface area contributed by atoms with Crippen LogP contribution >= 0.6 is 11.3 Å². The number of benzene rings is 10. The largest absolute Gasteiger partial charge is 0.310 e. The molecule has 1 nitrogen and oxygen atoms in total. The van der Waals surface area contributed by atoms with Gasteiger partial charge in [-0.2, -0.15) is 0 Å². The molecule has 272 valence electrons. The summed E-state index contributed by atoms with van der Waals surface area (Å²) >= 11 is 1.86. The fourth-order valence-electron chi connectivity index (χ4n) is 8.74. The molecule has 0 radical (unpaired) electrons. The average molecular weight is 756 g/mol. The van der Waals surface area contributed by atoms with Crippen molar-refractivity contribution in [1.29, 1.82) is 0 Å². The van der Waals surface area contributed by atoms with E-state index in [0.717, 1.165) is 17.1 Å². The van der Waals surface area contributed by atoms with E-state index in [4.69, 9.17) is 0 Å². The van der Waals surface area contributed by atoms with Gasteiger partial charge in [0.05, 0.1) is 5.69 Å². The van der Waals surface area contributed by atoms with Crippen LogP contribution in [0.5, 0.6) is 0 Å². The number of fused-ring (bicyclic) bond motifs is 5. The van der Waals surface area contributed by atoms with Gasteiger partial charge in [0.25, 0.3) is 0 Å². The maximum absolute atomic E-state index is 2.43. The van der Waals surface area contributed by atoms with Crippen LogP contribution in [-0.2, 0) is 0 Å². The molecule has 1 heterocycles. The molecular weight excluding hydrogens is 719 g/mol. The van der Waals surface area contributed by atoms with Gasteiger partial charge in [-0.15, -0.1) is 11.3 Å². The molecule has 11 aromatic rings. The zero-order valence-corrected chi connectivity index (χ0v) is 32.5. The van der Waals surface area contributed by atoms with E-state index < -0.39 is 0 Å². The molecule has 0 spiro atoms. The smallest absolute Gasteiger partial charge is 0.0540 e. The number of rotatable bonds is 7. The van der Waals surface area contributed by atoms with Gasteiger partial charge in [-0.25, -0.2) is 0 Å². The third-order valence-corrected chi connectivity index (χ3v) is 12.6. The normalized spacial score (nSPS) is 11.4. The lowest BCUT2D eigenvalue weighted by molar-refractivity contribution is 1.28. The van der Waals surface area contributed by atoms with Gasteiger partial charge in [0, 0.05) is 37.1 Å². The van der Waals surface area contributed by atoms with Crippen molar-refractivity contribution >= 4 is 70.1 Å². The second-order valence-electron chi connectivity index (χ2n) is 14.9. The summed E-state index contributed by atoms with van der Waals surface area (Å²) in [5.41, 5.74) is 13.0. The summed E-state index contributed by atoms with van der Waals surface area (Å²) in [5.74, 6) is 0. The molecule has 0 amide bonds. The maximum atomic E-state index is 2.43. The van der Waals surface area contributed by atoms with Crippen molar-refractivity contribution in [3.05, 3.63) is 224 Å². The lowest BCUT2D eigenvalue weighted by Crippen LogP contribution is -2.11. The molecule has 0 fully saturated rings. The van der Waals surface area contributed by atoms with Crippen molar-refractivity contribution in [2.24, 2.45) is 0 Å². The number of hydrogen-bond donors (Lipinski definition) is 0. The summed E-state index contributed by atoms with van der Waals surface area (Å²) < 4.78 is 2.61. The Hall–Kier alpha value is -7.26. The van der Waals surface area contributed by atoms with E-state index in [1.165, 1.54) is 86.2 Å². The Morgan fingerprint density at radius 1 is 0.276 bits per heavy atom. The predicted molar refractivity (Wildman–Crippen MR) is 251 cm³/mol. The van der Waals surface area contributed by atoms with Gasteiger partial charge in [-0.1, -0.05) is 182 Å².